The van der Waals surface area contributed by atoms with E-state index in [1.807, 2.05) is 6.92 Å². The Labute approximate surface area is 72.3 Å². The van der Waals surface area contributed by atoms with Gasteiger partial charge in [0.05, 0.1) is 0 Å². The van der Waals surface area contributed by atoms with Crippen LogP contribution in [0.15, 0.2) is 0 Å². The smallest absolute Gasteiger partial charge is 0.139 e. The van der Waals surface area contributed by atoms with Crippen molar-refractivity contribution in [2.24, 2.45) is 17.8 Å². The van der Waals surface area contributed by atoms with Crippen molar-refractivity contribution in [2.75, 3.05) is 0 Å². The Bertz CT molecular complexity index is 232. The van der Waals surface area contributed by atoms with Gasteiger partial charge in [0.15, 0.2) is 0 Å². The maximum atomic E-state index is 11.5. The summed E-state index contributed by atoms with van der Waals surface area (Å²) in [5, 5.41) is 0. The molecule has 66 valence electrons. The Kier molecular flexibility index (Phi) is 1.78. The fraction of sp³-hybridized carbons (Fsp3) is 0.800. The number of hydrogen-bond donors (Lipinski definition) is 0. The molecule has 0 N–H and O–H groups in total. The molecule has 0 amide bonds. The fourth-order valence-corrected chi connectivity index (χ4v) is 2.65. The maximum absolute atomic E-state index is 11.5. The number of fused-ring (bicyclic) bond motifs is 1. The molecular weight excluding hydrogens is 152 g/mol. The summed E-state index contributed by atoms with van der Waals surface area (Å²) in [6.07, 6.45) is 3.09. The number of rotatable bonds is 0. The quantitative estimate of drug-likeness (QED) is 0.547. The van der Waals surface area contributed by atoms with E-state index in [9.17, 15) is 9.59 Å². The normalized spacial score (nSPS) is 41.6. The third-order valence-electron chi connectivity index (χ3n) is 3.30. The van der Waals surface area contributed by atoms with Crippen molar-refractivity contribution >= 4 is 11.6 Å². The lowest BCUT2D eigenvalue weighted by atomic mass is 9.81. The van der Waals surface area contributed by atoms with E-state index in [1.54, 1.807) is 0 Å². The van der Waals surface area contributed by atoms with Crippen LogP contribution in [-0.4, -0.2) is 11.6 Å². The van der Waals surface area contributed by atoms with E-state index >= 15 is 0 Å². The highest BCUT2D eigenvalue weighted by molar-refractivity contribution is 5.89. The van der Waals surface area contributed by atoms with E-state index in [-0.39, 0.29) is 11.8 Å². The number of hydrogen-bond acceptors (Lipinski definition) is 2. The van der Waals surface area contributed by atoms with Gasteiger partial charge in [-0.15, -0.1) is 0 Å². The molecule has 0 aliphatic heterocycles. The van der Waals surface area contributed by atoms with Gasteiger partial charge >= 0.3 is 0 Å². The number of ketones is 2. The first kappa shape index (κ1) is 7.96. The highest BCUT2D eigenvalue weighted by Crippen LogP contribution is 2.41. The van der Waals surface area contributed by atoms with Gasteiger partial charge in [0.1, 0.15) is 11.6 Å². The summed E-state index contributed by atoms with van der Waals surface area (Å²) in [6.45, 7) is 1.99. The largest absolute Gasteiger partial charge is 0.300 e. The van der Waals surface area contributed by atoms with E-state index in [0.29, 0.717) is 30.3 Å². The van der Waals surface area contributed by atoms with Gasteiger partial charge < -0.3 is 0 Å². The molecule has 0 heterocycles. The third-order valence-corrected chi connectivity index (χ3v) is 3.30. The minimum atomic E-state index is 0.214. The minimum Gasteiger partial charge on any atom is -0.300 e. The lowest BCUT2D eigenvalue weighted by Crippen LogP contribution is -2.24. The Hall–Kier alpha value is -0.660. The van der Waals surface area contributed by atoms with Crippen molar-refractivity contribution < 1.29 is 9.59 Å². The van der Waals surface area contributed by atoms with Crippen LogP contribution in [0.4, 0.5) is 0 Å². The van der Waals surface area contributed by atoms with Crippen LogP contribution in [0.2, 0.25) is 0 Å². The topological polar surface area (TPSA) is 34.1 Å². The van der Waals surface area contributed by atoms with Crippen LogP contribution in [0.25, 0.3) is 0 Å². The van der Waals surface area contributed by atoms with Gasteiger partial charge in [-0.2, -0.15) is 0 Å². The molecular formula is C10H14O2. The van der Waals surface area contributed by atoms with Gasteiger partial charge in [0.25, 0.3) is 0 Å². The molecule has 2 rings (SSSR count). The van der Waals surface area contributed by atoms with Crippen LogP contribution in [0.1, 0.15) is 32.6 Å². The van der Waals surface area contributed by atoms with Gasteiger partial charge in [0, 0.05) is 24.7 Å². The molecule has 2 heteroatoms. The average Bonchev–Trinajstić information content (AvgIpc) is 2.28. The van der Waals surface area contributed by atoms with Crippen molar-refractivity contribution in [2.45, 2.75) is 32.6 Å². The van der Waals surface area contributed by atoms with Crippen LogP contribution in [0, 0.1) is 17.8 Å². The second-order valence-corrected chi connectivity index (χ2v) is 4.19. The maximum Gasteiger partial charge on any atom is 0.139 e. The SMILES string of the molecule is CC1CC2CC(=O)CCC2C1=O. The van der Waals surface area contributed by atoms with Crippen LogP contribution in [0.3, 0.4) is 0 Å². The Balaban J connectivity index is 2.14. The fourth-order valence-electron chi connectivity index (χ4n) is 2.65. The van der Waals surface area contributed by atoms with Crippen LogP contribution < -0.4 is 0 Å². The van der Waals surface area contributed by atoms with Crippen LogP contribution >= 0.6 is 0 Å². The molecule has 2 nitrogen and oxygen atoms in total. The van der Waals surface area contributed by atoms with E-state index in [2.05, 4.69) is 0 Å². The molecule has 12 heavy (non-hydrogen) atoms. The van der Waals surface area contributed by atoms with Gasteiger partial charge in [-0.05, 0) is 18.8 Å². The molecule has 2 aliphatic carbocycles. The average molecular weight is 166 g/mol. The molecule has 2 aliphatic rings. The summed E-state index contributed by atoms with van der Waals surface area (Å²) < 4.78 is 0. The number of Topliss-reactive ketones (excluding diaryl/α,β-unsaturated/α-hetero) is 2. The third kappa shape index (κ3) is 1.10. The van der Waals surface area contributed by atoms with E-state index in [0.717, 1.165) is 12.8 Å². The highest BCUT2D eigenvalue weighted by atomic mass is 16.1. The molecule has 0 bridgehead atoms. The zero-order chi connectivity index (χ0) is 8.72. The Morgan fingerprint density at radius 1 is 1.33 bits per heavy atom. The molecule has 0 saturated heterocycles. The predicted molar refractivity (Wildman–Crippen MR) is 44.6 cm³/mol. The lowest BCUT2D eigenvalue weighted by Gasteiger charge is -2.22. The summed E-state index contributed by atoms with van der Waals surface area (Å²) in [4.78, 5) is 22.6. The molecule has 0 spiro atoms. The van der Waals surface area contributed by atoms with Gasteiger partial charge in [0.2, 0.25) is 0 Å². The van der Waals surface area contributed by atoms with E-state index in [4.69, 9.17) is 0 Å². The first-order chi connectivity index (χ1) is 5.68. The monoisotopic (exact) mass is 166 g/mol. The van der Waals surface area contributed by atoms with Gasteiger partial charge in [-0.3, -0.25) is 9.59 Å². The summed E-state index contributed by atoms with van der Waals surface area (Å²) in [7, 11) is 0. The predicted octanol–water partition coefficient (Wildman–Crippen LogP) is 1.58. The molecule has 0 aromatic heterocycles. The number of carbonyl (C=O) groups is 2. The summed E-state index contributed by atoms with van der Waals surface area (Å²) in [6, 6.07) is 0. The molecule has 2 saturated carbocycles. The van der Waals surface area contributed by atoms with Crippen molar-refractivity contribution in [3.63, 3.8) is 0 Å². The minimum absolute atomic E-state index is 0.214. The zero-order valence-corrected chi connectivity index (χ0v) is 7.38. The van der Waals surface area contributed by atoms with Crippen LogP contribution in [0.5, 0.6) is 0 Å². The summed E-state index contributed by atoms with van der Waals surface area (Å²) in [5.74, 6) is 1.61. The zero-order valence-electron chi connectivity index (χ0n) is 7.38. The molecule has 3 unspecified atom stereocenters. The first-order valence-electron chi connectivity index (χ1n) is 4.74. The van der Waals surface area contributed by atoms with Gasteiger partial charge in [-0.1, -0.05) is 6.92 Å². The summed E-state index contributed by atoms with van der Waals surface area (Å²) >= 11 is 0. The molecule has 3 atom stereocenters. The first-order valence-corrected chi connectivity index (χ1v) is 4.74. The summed E-state index contributed by atoms with van der Waals surface area (Å²) in [5.41, 5.74) is 0. The standard InChI is InChI=1S/C10H14O2/c1-6-4-7-5-8(11)2-3-9(7)10(6)12/h6-7,9H,2-5H2,1H3. The lowest BCUT2D eigenvalue weighted by molar-refractivity contribution is -0.127. The van der Waals surface area contributed by atoms with Gasteiger partial charge in [-0.25, -0.2) is 0 Å². The molecule has 0 aromatic carbocycles. The van der Waals surface area contributed by atoms with Crippen molar-refractivity contribution in [3.05, 3.63) is 0 Å². The second kappa shape index (κ2) is 2.68. The Morgan fingerprint density at radius 3 is 2.83 bits per heavy atom. The van der Waals surface area contributed by atoms with E-state index < -0.39 is 0 Å². The van der Waals surface area contributed by atoms with Crippen molar-refractivity contribution in [1.82, 2.24) is 0 Å². The second-order valence-electron chi connectivity index (χ2n) is 4.19. The van der Waals surface area contributed by atoms with E-state index in [1.165, 1.54) is 0 Å². The molecule has 0 aromatic rings. The number of carbonyl (C=O) groups excluding carboxylic acids is 2. The highest BCUT2D eigenvalue weighted by Gasteiger charge is 2.42. The molecule has 0 radical (unpaired) electrons. The van der Waals surface area contributed by atoms with Crippen molar-refractivity contribution in [1.29, 1.82) is 0 Å². The Morgan fingerprint density at radius 2 is 2.08 bits per heavy atom. The van der Waals surface area contributed by atoms with Crippen molar-refractivity contribution in [3.8, 4) is 0 Å². The van der Waals surface area contributed by atoms with Crippen LogP contribution in [-0.2, 0) is 9.59 Å². The molecule has 2 fully saturated rings.